The summed E-state index contributed by atoms with van der Waals surface area (Å²) in [5, 5.41) is 8.69. The highest BCUT2D eigenvalue weighted by Gasteiger charge is 2.26. The molecule has 0 aromatic heterocycles. The predicted molar refractivity (Wildman–Crippen MR) is 57.9 cm³/mol. The number of carboxylic acids is 1. The van der Waals surface area contributed by atoms with Crippen molar-refractivity contribution in [3.05, 3.63) is 0 Å². The van der Waals surface area contributed by atoms with Gasteiger partial charge in [-0.05, 0) is 12.8 Å². The molecule has 0 bridgehead atoms. The second-order valence-corrected chi connectivity index (χ2v) is 4.64. The summed E-state index contributed by atoms with van der Waals surface area (Å²) in [5.74, 6) is -0.704. The standard InChI is InChI=1S/C11H20N2O2/c14-11(15)9-12-5-7-13(8-6-12)10-3-1-2-4-10/h10H,1-9H2,(H,14,15). The van der Waals surface area contributed by atoms with E-state index in [1.54, 1.807) is 0 Å². The van der Waals surface area contributed by atoms with E-state index in [1.807, 2.05) is 4.90 Å². The molecule has 2 aliphatic rings. The number of carboxylic acid groups (broad SMARTS) is 1. The van der Waals surface area contributed by atoms with Crippen molar-refractivity contribution in [3.8, 4) is 0 Å². The molecule has 1 aliphatic heterocycles. The first-order valence-electron chi connectivity index (χ1n) is 5.94. The molecule has 1 aliphatic carbocycles. The van der Waals surface area contributed by atoms with Crippen molar-refractivity contribution in [2.75, 3.05) is 32.7 Å². The summed E-state index contributed by atoms with van der Waals surface area (Å²) in [6.45, 7) is 4.15. The lowest BCUT2D eigenvalue weighted by Crippen LogP contribution is -2.50. The van der Waals surface area contributed by atoms with E-state index in [-0.39, 0.29) is 6.54 Å². The zero-order valence-electron chi connectivity index (χ0n) is 9.19. The number of carbonyl (C=O) groups is 1. The molecule has 0 atom stereocenters. The van der Waals surface area contributed by atoms with Crippen LogP contribution in [0.4, 0.5) is 0 Å². The van der Waals surface area contributed by atoms with Crippen molar-refractivity contribution in [1.29, 1.82) is 0 Å². The largest absolute Gasteiger partial charge is 0.480 e. The molecule has 4 heteroatoms. The van der Waals surface area contributed by atoms with Gasteiger partial charge in [-0.15, -0.1) is 0 Å². The van der Waals surface area contributed by atoms with E-state index in [1.165, 1.54) is 25.7 Å². The number of rotatable bonds is 3. The Morgan fingerprint density at radius 1 is 1.13 bits per heavy atom. The highest BCUT2D eigenvalue weighted by Crippen LogP contribution is 2.24. The van der Waals surface area contributed by atoms with E-state index in [0.29, 0.717) is 0 Å². The van der Waals surface area contributed by atoms with Crippen molar-refractivity contribution in [1.82, 2.24) is 9.80 Å². The van der Waals surface area contributed by atoms with E-state index in [2.05, 4.69) is 4.90 Å². The summed E-state index contributed by atoms with van der Waals surface area (Å²) in [5.41, 5.74) is 0. The van der Waals surface area contributed by atoms with Crippen LogP contribution in [0.5, 0.6) is 0 Å². The van der Waals surface area contributed by atoms with Crippen molar-refractivity contribution in [2.45, 2.75) is 31.7 Å². The minimum Gasteiger partial charge on any atom is -0.480 e. The molecule has 1 saturated heterocycles. The van der Waals surface area contributed by atoms with Crippen molar-refractivity contribution >= 4 is 5.97 Å². The van der Waals surface area contributed by atoms with Crippen molar-refractivity contribution in [2.24, 2.45) is 0 Å². The molecule has 0 spiro atoms. The fourth-order valence-corrected chi connectivity index (χ4v) is 2.75. The Bertz CT molecular complexity index is 219. The van der Waals surface area contributed by atoms with Gasteiger partial charge in [0, 0.05) is 32.2 Å². The summed E-state index contributed by atoms with van der Waals surface area (Å²) >= 11 is 0. The Labute approximate surface area is 90.9 Å². The number of hydrogen-bond donors (Lipinski definition) is 1. The molecule has 15 heavy (non-hydrogen) atoms. The van der Waals surface area contributed by atoms with E-state index < -0.39 is 5.97 Å². The van der Waals surface area contributed by atoms with Crippen LogP contribution in [0.3, 0.4) is 0 Å². The van der Waals surface area contributed by atoms with E-state index >= 15 is 0 Å². The summed E-state index contributed by atoms with van der Waals surface area (Å²) in [7, 11) is 0. The van der Waals surface area contributed by atoms with Crippen LogP contribution in [0.25, 0.3) is 0 Å². The third-order valence-electron chi connectivity index (χ3n) is 3.61. The SMILES string of the molecule is O=C(O)CN1CCN(C2CCCC2)CC1. The first-order valence-corrected chi connectivity index (χ1v) is 5.94. The minimum atomic E-state index is -0.704. The van der Waals surface area contributed by atoms with Gasteiger partial charge in [0.2, 0.25) is 0 Å². The Morgan fingerprint density at radius 3 is 2.27 bits per heavy atom. The van der Waals surface area contributed by atoms with Gasteiger partial charge >= 0.3 is 5.97 Å². The van der Waals surface area contributed by atoms with Gasteiger partial charge in [0.15, 0.2) is 0 Å². The highest BCUT2D eigenvalue weighted by molar-refractivity contribution is 5.69. The molecule has 2 fully saturated rings. The molecule has 86 valence electrons. The van der Waals surface area contributed by atoms with Gasteiger partial charge in [0.1, 0.15) is 0 Å². The summed E-state index contributed by atoms with van der Waals surface area (Å²) in [4.78, 5) is 15.1. The number of hydrogen-bond acceptors (Lipinski definition) is 3. The third-order valence-corrected chi connectivity index (χ3v) is 3.61. The molecule has 1 heterocycles. The van der Waals surface area contributed by atoms with E-state index in [0.717, 1.165) is 32.2 Å². The van der Waals surface area contributed by atoms with Crippen LogP contribution < -0.4 is 0 Å². The molecule has 0 amide bonds. The Hall–Kier alpha value is -0.610. The molecule has 4 nitrogen and oxygen atoms in total. The van der Waals surface area contributed by atoms with Crippen LogP contribution in [0, 0.1) is 0 Å². The predicted octanol–water partition coefficient (Wildman–Crippen LogP) is 0.631. The maximum absolute atomic E-state index is 10.5. The molecule has 0 unspecified atom stereocenters. The number of nitrogens with zero attached hydrogens (tertiary/aromatic N) is 2. The van der Waals surface area contributed by atoms with Crippen LogP contribution in [-0.2, 0) is 4.79 Å². The number of aliphatic carboxylic acids is 1. The summed E-state index contributed by atoms with van der Waals surface area (Å²) in [6, 6.07) is 0.789. The Kier molecular flexibility index (Phi) is 3.59. The Morgan fingerprint density at radius 2 is 1.73 bits per heavy atom. The zero-order valence-corrected chi connectivity index (χ0v) is 9.19. The lowest BCUT2D eigenvalue weighted by Gasteiger charge is -2.37. The normalized spacial score (nSPS) is 25.9. The van der Waals surface area contributed by atoms with Crippen LogP contribution in [0.2, 0.25) is 0 Å². The van der Waals surface area contributed by atoms with Crippen molar-refractivity contribution < 1.29 is 9.90 Å². The number of piperazine rings is 1. The smallest absolute Gasteiger partial charge is 0.317 e. The van der Waals surface area contributed by atoms with Gasteiger partial charge in [-0.1, -0.05) is 12.8 Å². The van der Waals surface area contributed by atoms with Gasteiger partial charge in [0.05, 0.1) is 6.54 Å². The molecule has 2 rings (SSSR count). The molecule has 0 aromatic carbocycles. The van der Waals surface area contributed by atoms with E-state index in [4.69, 9.17) is 5.11 Å². The molecule has 0 radical (unpaired) electrons. The fourth-order valence-electron chi connectivity index (χ4n) is 2.75. The van der Waals surface area contributed by atoms with Crippen LogP contribution in [-0.4, -0.2) is 59.6 Å². The van der Waals surface area contributed by atoms with Crippen LogP contribution >= 0.6 is 0 Å². The molecule has 0 aromatic rings. The molecular weight excluding hydrogens is 192 g/mol. The second kappa shape index (κ2) is 4.94. The monoisotopic (exact) mass is 212 g/mol. The topological polar surface area (TPSA) is 43.8 Å². The summed E-state index contributed by atoms with van der Waals surface area (Å²) < 4.78 is 0. The van der Waals surface area contributed by atoms with Gasteiger partial charge < -0.3 is 5.11 Å². The molecule has 1 N–H and O–H groups in total. The van der Waals surface area contributed by atoms with Crippen LogP contribution in [0.1, 0.15) is 25.7 Å². The minimum absolute atomic E-state index is 0.207. The molecular formula is C11H20N2O2. The average Bonchev–Trinajstić information content (AvgIpc) is 2.71. The molecule has 1 saturated carbocycles. The maximum atomic E-state index is 10.5. The van der Waals surface area contributed by atoms with Gasteiger partial charge in [-0.3, -0.25) is 14.6 Å². The highest BCUT2D eigenvalue weighted by atomic mass is 16.4. The average molecular weight is 212 g/mol. The van der Waals surface area contributed by atoms with Crippen molar-refractivity contribution in [3.63, 3.8) is 0 Å². The lowest BCUT2D eigenvalue weighted by atomic mass is 10.2. The van der Waals surface area contributed by atoms with Gasteiger partial charge in [-0.25, -0.2) is 0 Å². The van der Waals surface area contributed by atoms with Crippen LogP contribution in [0.15, 0.2) is 0 Å². The zero-order chi connectivity index (χ0) is 10.7. The third kappa shape index (κ3) is 2.92. The van der Waals surface area contributed by atoms with E-state index in [9.17, 15) is 4.79 Å². The van der Waals surface area contributed by atoms with Gasteiger partial charge in [-0.2, -0.15) is 0 Å². The summed E-state index contributed by atoms with van der Waals surface area (Å²) in [6.07, 6.45) is 5.44. The first kappa shape index (κ1) is 10.9. The first-order chi connectivity index (χ1) is 7.25. The Balaban J connectivity index is 1.73. The lowest BCUT2D eigenvalue weighted by molar-refractivity contribution is -0.138. The fraction of sp³-hybridized carbons (Fsp3) is 0.909. The maximum Gasteiger partial charge on any atom is 0.317 e. The van der Waals surface area contributed by atoms with Gasteiger partial charge in [0.25, 0.3) is 0 Å². The quantitative estimate of drug-likeness (QED) is 0.745. The second-order valence-electron chi connectivity index (χ2n) is 4.64.